The molecule has 0 atom stereocenters. The van der Waals surface area contributed by atoms with E-state index in [1.165, 1.54) is 34.4 Å². The number of fused-ring (bicyclic) bond motifs is 3. The van der Waals surface area contributed by atoms with Crippen LogP contribution in [0.2, 0.25) is 0 Å². The fourth-order valence-electron chi connectivity index (χ4n) is 6.26. The van der Waals surface area contributed by atoms with Gasteiger partial charge in [0.05, 0.1) is 16.8 Å². The third-order valence-corrected chi connectivity index (χ3v) is 8.26. The molecule has 6 aromatic carbocycles. The Kier molecular flexibility index (Phi) is 5.72. The summed E-state index contributed by atoms with van der Waals surface area (Å²) in [5.74, 6) is -0.856. The monoisotopic (exact) mass is 536 g/mol. The van der Waals surface area contributed by atoms with Gasteiger partial charge >= 0.3 is 0 Å². The number of rotatable bonds is 4. The summed E-state index contributed by atoms with van der Waals surface area (Å²) in [4.78, 5) is 0. The Labute approximate surface area is 237 Å². The molecule has 1 aliphatic rings. The molecule has 0 amide bonds. The quantitative estimate of drug-likeness (QED) is 0.221. The Morgan fingerprint density at radius 1 is 0.415 bits per heavy atom. The summed E-state index contributed by atoms with van der Waals surface area (Å²) in [5, 5.41) is 0. The van der Waals surface area contributed by atoms with Crippen LogP contribution in [0.1, 0.15) is 22.3 Å². The smallest absolute Gasteiger partial charge is 0.146 e. The maximum Gasteiger partial charge on any atom is 0.146 e. The number of hydrogen-bond donors (Lipinski definition) is 2. The van der Waals surface area contributed by atoms with Crippen molar-refractivity contribution in [1.82, 2.24) is 0 Å². The second kappa shape index (κ2) is 9.46. The van der Waals surface area contributed by atoms with Gasteiger partial charge in [-0.05, 0) is 79.9 Å². The van der Waals surface area contributed by atoms with Gasteiger partial charge in [0.25, 0.3) is 0 Å². The third kappa shape index (κ3) is 3.83. The molecule has 41 heavy (non-hydrogen) atoms. The van der Waals surface area contributed by atoms with Gasteiger partial charge in [-0.1, -0.05) is 109 Å². The molecule has 2 nitrogen and oxygen atoms in total. The van der Waals surface area contributed by atoms with Crippen molar-refractivity contribution in [2.45, 2.75) is 5.41 Å². The first-order chi connectivity index (χ1) is 20.0. The van der Waals surface area contributed by atoms with Crippen LogP contribution in [0.5, 0.6) is 0 Å². The molecule has 0 radical (unpaired) electrons. The number of halogens is 2. The summed E-state index contributed by atoms with van der Waals surface area (Å²) in [6.07, 6.45) is 0. The molecule has 0 heterocycles. The van der Waals surface area contributed by atoms with E-state index in [4.69, 9.17) is 11.5 Å². The lowest BCUT2D eigenvalue weighted by molar-refractivity contribution is 0.632. The van der Waals surface area contributed by atoms with Crippen LogP contribution >= 0.6 is 0 Å². The Balaban J connectivity index is 1.43. The lowest BCUT2D eigenvalue weighted by atomic mass is 9.67. The van der Waals surface area contributed by atoms with E-state index in [1.807, 2.05) is 36.4 Å². The molecule has 0 saturated heterocycles. The molecule has 0 fully saturated rings. The van der Waals surface area contributed by atoms with E-state index in [0.29, 0.717) is 0 Å². The lowest BCUT2D eigenvalue weighted by Crippen LogP contribution is -2.28. The van der Waals surface area contributed by atoms with Crippen LogP contribution in [-0.2, 0) is 5.41 Å². The zero-order valence-corrected chi connectivity index (χ0v) is 22.1. The van der Waals surface area contributed by atoms with Crippen LogP contribution in [0.25, 0.3) is 33.4 Å². The van der Waals surface area contributed by atoms with Gasteiger partial charge in [0.15, 0.2) is 0 Å². The Bertz CT molecular complexity index is 1780. The number of nitrogen functional groups attached to an aromatic ring is 2. The van der Waals surface area contributed by atoms with Crippen molar-refractivity contribution in [2.24, 2.45) is 0 Å². The SMILES string of the molecule is Nc1ccc(-c2ccc(C3(c4ccc(-c5ccc(N)c(F)c5)cc4)c4ccccc4-c4ccccc43)cc2)cc1F. The summed E-state index contributed by atoms with van der Waals surface area (Å²) < 4.78 is 28.5. The summed E-state index contributed by atoms with van der Waals surface area (Å²) >= 11 is 0. The molecule has 0 unspecified atom stereocenters. The molecule has 0 aliphatic heterocycles. The van der Waals surface area contributed by atoms with E-state index in [9.17, 15) is 8.78 Å². The number of hydrogen-bond acceptors (Lipinski definition) is 2. The summed E-state index contributed by atoms with van der Waals surface area (Å²) in [7, 11) is 0. The van der Waals surface area contributed by atoms with Gasteiger partial charge in [-0.25, -0.2) is 8.78 Å². The minimum atomic E-state index is -0.580. The third-order valence-electron chi connectivity index (χ3n) is 8.26. The fourth-order valence-corrected chi connectivity index (χ4v) is 6.26. The van der Waals surface area contributed by atoms with E-state index in [2.05, 4.69) is 72.8 Å². The molecule has 0 saturated carbocycles. The van der Waals surface area contributed by atoms with Crippen molar-refractivity contribution in [1.29, 1.82) is 0 Å². The molecule has 4 heteroatoms. The Hall–Kier alpha value is -5.22. The van der Waals surface area contributed by atoms with Crippen LogP contribution in [0.4, 0.5) is 20.2 Å². The predicted octanol–water partition coefficient (Wildman–Crippen LogP) is 8.83. The average molecular weight is 537 g/mol. The maximum atomic E-state index is 14.2. The van der Waals surface area contributed by atoms with Gasteiger partial charge in [-0.15, -0.1) is 0 Å². The molecular weight excluding hydrogens is 510 g/mol. The van der Waals surface area contributed by atoms with Gasteiger partial charge < -0.3 is 11.5 Å². The largest absolute Gasteiger partial charge is 0.396 e. The van der Waals surface area contributed by atoms with Crippen LogP contribution < -0.4 is 11.5 Å². The Morgan fingerprint density at radius 3 is 1.17 bits per heavy atom. The normalized spacial score (nSPS) is 13.0. The molecule has 0 spiro atoms. The molecule has 6 aromatic rings. The molecule has 0 bridgehead atoms. The number of nitrogens with two attached hydrogens (primary N) is 2. The molecule has 0 aromatic heterocycles. The van der Waals surface area contributed by atoms with Gasteiger partial charge in [-0.2, -0.15) is 0 Å². The number of anilines is 2. The minimum Gasteiger partial charge on any atom is -0.396 e. The highest BCUT2D eigenvalue weighted by molar-refractivity contribution is 5.86. The van der Waals surface area contributed by atoms with Crippen molar-refractivity contribution in [2.75, 3.05) is 11.5 Å². The van der Waals surface area contributed by atoms with Gasteiger partial charge in [0.2, 0.25) is 0 Å². The molecular formula is C37H26F2N2. The molecule has 1 aliphatic carbocycles. The van der Waals surface area contributed by atoms with Crippen LogP contribution in [0.3, 0.4) is 0 Å². The van der Waals surface area contributed by atoms with Gasteiger partial charge in [0, 0.05) is 0 Å². The van der Waals surface area contributed by atoms with Crippen molar-refractivity contribution in [3.05, 3.63) is 167 Å². The topological polar surface area (TPSA) is 52.0 Å². The predicted molar refractivity (Wildman–Crippen MR) is 163 cm³/mol. The lowest BCUT2D eigenvalue weighted by Gasteiger charge is -2.34. The van der Waals surface area contributed by atoms with E-state index in [-0.39, 0.29) is 11.4 Å². The second-order valence-electron chi connectivity index (χ2n) is 10.5. The summed E-state index contributed by atoms with van der Waals surface area (Å²) in [6, 6.07) is 43.5. The van der Waals surface area contributed by atoms with Crippen LogP contribution in [0.15, 0.2) is 133 Å². The van der Waals surface area contributed by atoms with Crippen molar-refractivity contribution in [3.8, 4) is 33.4 Å². The average Bonchev–Trinajstić information content (AvgIpc) is 3.31. The van der Waals surface area contributed by atoms with Crippen molar-refractivity contribution < 1.29 is 8.78 Å². The first kappa shape index (κ1) is 24.8. The molecule has 7 rings (SSSR count). The van der Waals surface area contributed by atoms with Crippen molar-refractivity contribution in [3.63, 3.8) is 0 Å². The zero-order chi connectivity index (χ0) is 28.1. The second-order valence-corrected chi connectivity index (χ2v) is 10.5. The first-order valence-corrected chi connectivity index (χ1v) is 13.5. The Morgan fingerprint density at radius 2 is 0.780 bits per heavy atom. The van der Waals surface area contributed by atoms with E-state index >= 15 is 0 Å². The minimum absolute atomic E-state index is 0.133. The van der Waals surface area contributed by atoms with Crippen LogP contribution in [0, 0.1) is 11.6 Å². The fraction of sp³-hybridized carbons (Fsp3) is 0.0270. The van der Waals surface area contributed by atoms with Crippen molar-refractivity contribution >= 4 is 11.4 Å². The summed E-state index contributed by atoms with van der Waals surface area (Å²) in [5.41, 5.74) is 21.4. The summed E-state index contributed by atoms with van der Waals surface area (Å²) in [6.45, 7) is 0. The zero-order valence-electron chi connectivity index (χ0n) is 22.1. The number of benzene rings is 6. The molecule has 4 N–H and O–H groups in total. The van der Waals surface area contributed by atoms with Crippen LogP contribution in [-0.4, -0.2) is 0 Å². The molecule has 198 valence electrons. The first-order valence-electron chi connectivity index (χ1n) is 13.5. The highest BCUT2D eigenvalue weighted by atomic mass is 19.1. The van der Waals surface area contributed by atoms with Gasteiger partial charge in [0.1, 0.15) is 11.6 Å². The van der Waals surface area contributed by atoms with Gasteiger partial charge in [-0.3, -0.25) is 0 Å². The highest BCUT2D eigenvalue weighted by Gasteiger charge is 2.45. The standard InChI is InChI=1S/C37H26F2N2/c38-33-21-25(13-19-35(33)40)23-9-15-27(16-10-23)37(31-7-3-1-5-29(31)30-6-2-4-8-32(30)37)28-17-11-24(12-18-28)26-14-20-36(41)34(39)22-26/h1-22H,40-41H2. The van der Waals surface area contributed by atoms with E-state index in [0.717, 1.165) is 33.4 Å². The maximum absolute atomic E-state index is 14.2. The highest BCUT2D eigenvalue weighted by Crippen LogP contribution is 2.56. The van der Waals surface area contributed by atoms with E-state index in [1.54, 1.807) is 12.1 Å². The van der Waals surface area contributed by atoms with E-state index < -0.39 is 17.0 Å².